The zero-order valence-corrected chi connectivity index (χ0v) is 5.67. The maximum atomic E-state index is 10.2. The van der Waals surface area contributed by atoms with Gasteiger partial charge in [0.15, 0.2) is 6.33 Å². The molecule has 0 bridgehead atoms. The summed E-state index contributed by atoms with van der Waals surface area (Å²) in [5, 5.41) is 16.9. The number of hydrogen-bond acceptors (Lipinski definition) is 4. The Kier molecular flexibility index (Phi) is 1.95. The van der Waals surface area contributed by atoms with Crippen molar-refractivity contribution in [3.63, 3.8) is 0 Å². The van der Waals surface area contributed by atoms with Crippen molar-refractivity contribution in [3.05, 3.63) is 29.1 Å². The van der Waals surface area contributed by atoms with Gasteiger partial charge in [0.1, 0.15) is 0 Å². The van der Waals surface area contributed by atoms with Gasteiger partial charge in [0.2, 0.25) is 0 Å². The summed E-state index contributed by atoms with van der Waals surface area (Å²) >= 11 is 0. The van der Waals surface area contributed by atoms with Crippen LogP contribution in [0.3, 0.4) is 0 Å². The Morgan fingerprint density at radius 2 is 2.64 bits per heavy atom. The molecule has 1 aromatic rings. The van der Waals surface area contributed by atoms with E-state index >= 15 is 0 Å². The minimum Gasteiger partial charge on any atom is -0.390 e. The van der Waals surface area contributed by atoms with Crippen LogP contribution in [0.5, 0.6) is 0 Å². The van der Waals surface area contributed by atoms with Gasteiger partial charge in [-0.15, -0.1) is 0 Å². The van der Waals surface area contributed by atoms with E-state index in [1.54, 1.807) is 0 Å². The minimum atomic E-state index is -0.587. The van der Waals surface area contributed by atoms with Crippen LogP contribution >= 0.6 is 0 Å². The van der Waals surface area contributed by atoms with Crippen LogP contribution in [0, 0.1) is 10.1 Å². The molecule has 1 rings (SSSR count). The molecular weight excluding hydrogens is 148 g/mol. The van der Waals surface area contributed by atoms with Crippen molar-refractivity contribution in [2.75, 3.05) is 0 Å². The van der Waals surface area contributed by atoms with Gasteiger partial charge in [0, 0.05) is 0 Å². The molecule has 0 radical (unpaired) electrons. The number of nitro groups is 1. The number of hydrogen-bond donors (Lipinski definition) is 0. The second-order valence-corrected chi connectivity index (χ2v) is 1.83. The van der Waals surface area contributed by atoms with Crippen LogP contribution in [-0.2, 0) is 6.54 Å². The molecule has 1 aromatic heterocycles. The topological polar surface area (TPSA) is 73.8 Å². The standard InChI is InChI=1S/C5H6N4O2/c1-2-3-8-4-6-7-5(8)9(10)11/h2,4H,1,3H2. The third kappa shape index (κ3) is 1.40. The van der Waals surface area contributed by atoms with Crippen LogP contribution in [0.25, 0.3) is 0 Å². The van der Waals surface area contributed by atoms with Crippen LogP contribution < -0.4 is 0 Å². The average Bonchev–Trinajstić information content (AvgIpc) is 2.36. The molecule has 0 amide bonds. The van der Waals surface area contributed by atoms with Crippen LogP contribution in [-0.4, -0.2) is 19.7 Å². The second kappa shape index (κ2) is 2.91. The van der Waals surface area contributed by atoms with Crippen molar-refractivity contribution in [2.24, 2.45) is 0 Å². The van der Waals surface area contributed by atoms with Gasteiger partial charge in [-0.3, -0.25) is 0 Å². The summed E-state index contributed by atoms with van der Waals surface area (Å²) in [5.74, 6) is -0.259. The van der Waals surface area contributed by atoms with Crippen molar-refractivity contribution in [2.45, 2.75) is 6.54 Å². The SMILES string of the molecule is C=CCn1cnnc1[N+](=O)[O-]. The molecule has 0 spiro atoms. The Labute approximate surface area is 62.3 Å². The summed E-state index contributed by atoms with van der Waals surface area (Å²) in [6.45, 7) is 3.79. The second-order valence-electron chi connectivity index (χ2n) is 1.83. The molecule has 6 nitrogen and oxygen atoms in total. The van der Waals surface area contributed by atoms with Gasteiger partial charge >= 0.3 is 5.95 Å². The van der Waals surface area contributed by atoms with Crippen molar-refractivity contribution in [1.29, 1.82) is 0 Å². The maximum Gasteiger partial charge on any atom is 0.458 e. The van der Waals surface area contributed by atoms with Crippen molar-refractivity contribution >= 4 is 5.95 Å². The van der Waals surface area contributed by atoms with E-state index < -0.39 is 4.92 Å². The zero-order valence-electron chi connectivity index (χ0n) is 5.67. The maximum absolute atomic E-state index is 10.2. The molecule has 1 heterocycles. The van der Waals surface area contributed by atoms with E-state index in [0.717, 1.165) is 0 Å². The molecule has 0 aliphatic rings. The number of allylic oxidation sites excluding steroid dienone is 1. The Bertz CT molecular complexity index is 280. The van der Waals surface area contributed by atoms with Crippen LogP contribution in [0.1, 0.15) is 0 Å². The highest BCUT2D eigenvalue weighted by Gasteiger charge is 2.13. The number of nitrogens with zero attached hydrogens (tertiary/aromatic N) is 4. The molecule has 58 valence electrons. The summed E-state index contributed by atoms with van der Waals surface area (Å²) in [6, 6.07) is 0. The summed E-state index contributed by atoms with van der Waals surface area (Å²) in [6.07, 6.45) is 2.83. The Morgan fingerprint density at radius 1 is 1.91 bits per heavy atom. The molecule has 0 atom stereocenters. The molecule has 0 aromatic carbocycles. The van der Waals surface area contributed by atoms with Gasteiger partial charge in [-0.25, -0.2) is 4.57 Å². The molecule has 0 N–H and O–H groups in total. The van der Waals surface area contributed by atoms with E-state index in [2.05, 4.69) is 16.8 Å². The third-order valence-electron chi connectivity index (χ3n) is 1.08. The molecule has 0 aliphatic carbocycles. The lowest BCUT2D eigenvalue weighted by Gasteiger charge is -1.93. The Balaban J connectivity index is 2.95. The monoisotopic (exact) mass is 154 g/mol. The van der Waals surface area contributed by atoms with Gasteiger partial charge in [0.25, 0.3) is 0 Å². The molecule has 0 unspecified atom stereocenters. The summed E-state index contributed by atoms with van der Waals surface area (Å²) in [7, 11) is 0. The molecule has 0 saturated heterocycles. The molecule has 6 heteroatoms. The number of rotatable bonds is 3. The van der Waals surface area contributed by atoms with E-state index in [-0.39, 0.29) is 5.95 Å². The minimum absolute atomic E-state index is 0.259. The van der Waals surface area contributed by atoms with Crippen molar-refractivity contribution in [3.8, 4) is 0 Å². The fraction of sp³-hybridized carbons (Fsp3) is 0.200. The highest BCUT2D eigenvalue weighted by Crippen LogP contribution is 2.03. The number of aromatic nitrogens is 3. The predicted octanol–water partition coefficient (Wildman–Crippen LogP) is 0.372. The molecule has 0 aliphatic heterocycles. The highest BCUT2D eigenvalue weighted by molar-refractivity contribution is 5.02. The smallest absolute Gasteiger partial charge is 0.390 e. The lowest BCUT2D eigenvalue weighted by molar-refractivity contribution is -0.396. The summed E-state index contributed by atoms with van der Waals surface area (Å²) in [4.78, 5) is 9.62. The molecule has 0 fully saturated rings. The van der Waals surface area contributed by atoms with E-state index in [0.29, 0.717) is 6.54 Å². The normalized spacial score (nSPS) is 9.45. The average molecular weight is 154 g/mol. The fourth-order valence-corrected chi connectivity index (χ4v) is 0.658. The first-order valence-corrected chi connectivity index (χ1v) is 2.89. The van der Waals surface area contributed by atoms with E-state index in [1.807, 2.05) is 0 Å². The van der Waals surface area contributed by atoms with Crippen LogP contribution in [0.15, 0.2) is 19.0 Å². The lowest BCUT2D eigenvalue weighted by atomic mass is 10.6. The molecule has 0 saturated carbocycles. The van der Waals surface area contributed by atoms with Gasteiger partial charge in [-0.05, 0) is 10.0 Å². The van der Waals surface area contributed by atoms with Crippen LogP contribution in [0.4, 0.5) is 5.95 Å². The van der Waals surface area contributed by atoms with Crippen molar-refractivity contribution in [1.82, 2.24) is 14.8 Å². The highest BCUT2D eigenvalue weighted by atomic mass is 16.6. The van der Waals surface area contributed by atoms with Gasteiger partial charge < -0.3 is 10.1 Å². The molecule has 11 heavy (non-hydrogen) atoms. The first-order chi connectivity index (χ1) is 5.25. The quantitative estimate of drug-likeness (QED) is 0.358. The van der Waals surface area contributed by atoms with E-state index in [9.17, 15) is 10.1 Å². The van der Waals surface area contributed by atoms with Crippen molar-refractivity contribution < 1.29 is 4.92 Å². The summed E-state index contributed by atoms with van der Waals surface area (Å²) < 4.78 is 1.30. The zero-order chi connectivity index (χ0) is 8.27. The Morgan fingerprint density at radius 3 is 3.18 bits per heavy atom. The predicted molar refractivity (Wildman–Crippen MR) is 36.9 cm³/mol. The van der Waals surface area contributed by atoms with Gasteiger partial charge in [-0.1, -0.05) is 12.7 Å². The van der Waals surface area contributed by atoms with E-state index in [1.165, 1.54) is 17.0 Å². The summed E-state index contributed by atoms with van der Waals surface area (Å²) in [5.41, 5.74) is 0. The van der Waals surface area contributed by atoms with Gasteiger partial charge in [-0.2, -0.15) is 0 Å². The first-order valence-electron chi connectivity index (χ1n) is 2.89. The lowest BCUT2D eigenvalue weighted by Crippen LogP contribution is -2.00. The molecular formula is C5H6N4O2. The van der Waals surface area contributed by atoms with Gasteiger partial charge in [0.05, 0.1) is 11.6 Å². The Hall–Kier alpha value is -1.72. The van der Waals surface area contributed by atoms with E-state index in [4.69, 9.17) is 0 Å². The third-order valence-corrected chi connectivity index (χ3v) is 1.08. The first kappa shape index (κ1) is 7.39. The van der Waals surface area contributed by atoms with Crippen LogP contribution in [0.2, 0.25) is 0 Å². The fourth-order valence-electron chi connectivity index (χ4n) is 0.658. The largest absolute Gasteiger partial charge is 0.458 e.